The Morgan fingerprint density at radius 1 is 1.24 bits per heavy atom. The molecule has 10 nitrogen and oxygen atoms in total. The molecule has 182 valence electrons. The van der Waals surface area contributed by atoms with Gasteiger partial charge in [-0.3, -0.25) is 14.5 Å². The third-order valence-corrected chi connectivity index (χ3v) is 6.39. The molecule has 0 radical (unpaired) electrons. The summed E-state index contributed by atoms with van der Waals surface area (Å²) in [5, 5.41) is 11.3. The van der Waals surface area contributed by atoms with Crippen molar-refractivity contribution in [2.24, 2.45) is 0 Å². The van der Waals surface area contributed by atoms with Crippen LogP contribution in [-0.2, 0) is 19.1 Å². The topological polar surface area (TPSA) is 125 Å². The first-order chi connectivity index (χ1) is 16.3. The fraction of sp³-hybridized carbons (Fsp3) is 0.458. The molecule has 4 heterocycles. The predicted octanol–water partition coefficient (Wildman–Crippen LogP) is 2.16. The van der Waals surface area contributed by atoms with Crippen LogP contribution in [0.5, 0.6) is 0 Å². The van der Waals surface area contributed by atoms with Crippen LogP contribution in [0.15, 0.2) is 28.4 Å². The van der Waals surface area contributed by atoms with E-state index in [1.54, 1.807) is 26.0 Å². The smallest absolute Gasteiger partial charge is 0.354 e. The molecule has 1 atom stereocenters. The zero-order valence-electron chi connectivity index (χ0n) is 19.6. The number of rotatable bonds is 7. The van der Waals surface area contributed by atoms with Gasteiger partial charge >= 0.3 is 5.97 Å². The lowest BCUT2D eigenvalue weighted by Crippen LogP contribution is -2.38. The van der Waals surface area contributed by atoms with Gasteiger partial charge in [-0.25, -0.2) is 4.79 Å². The summed E-state index contributed by atoms with van der Waals surface area (Å²) in [6, 6.07) is 2.48. The minimum atomic E-state index is -0.866. The second kappa shape index (κ2) is 9.86. The van der Waals surface area contributed by atoms with E-state index in [-0.39, 0.29) is 17.0 Å². The average Bonchev–Trinajstić information content (AvgIpc) is 3.53. The molecule has 1 amide bonds. The SMILES string of the molecule is COC(=O)c1[nH]c(C)c(/C(O)=C2\C(=O)C(=O)N(CCCN3CCOCC3)[C@H]2c2ccco2)c1C. The predicted molar refractivity (Wildman–Crippen MR) is 121 cm³/mol. The van der Waals surface area contributed by atoms with Crippen molar-refractivity contribution < 1.29 is 33.4 Å². The summed E-state index contributed by atoms with van der Waals surface area (Å²) in [5.74, 6) is -2.04. The maximum Gasteiger partial charge on any atom is 0.354 e. The highest BCUT2D eigenvalue weighted by atomic mass is 16.5. The standard InChI is InChI=1S/C24H29N3O7/c1-14-17(15(2)25-19(14)24(31)32-3)21(28)18-20(16-6-4-11-34-16)27(23(30)22(18)29)8-5-7-26-9-12-33-13-10-26/h4,6,11,20,25,28H,5,7-10,12-13H2,1-3H3/b21-18+/t20-/m0/s1. The lowest BCUT2D eigenvalue weighted by atomic mass is 9.97. The van der Waals surface area contributed by atoms with E-state index in [1.807, 2.05) is 0 Å². The number of aliphatic hydroxyl groups is 1. The maximum atomic E-state index is 13.1. The Hall–Kier alpha value is -3.37. The molecule has 0 aromatic carbocycles. The minimum Gasteiger partial charge on any atom is -0.507 e. The van der Waals surface area contributed by atoms with Gasteiger partial charge in [-0.2, -0.15) is 0 Å². The summed E-state index contributed by atoms with van der Waals surface area (Å²) < 4.78 is 15.7. The van der Waals surface area contributed by atoms with Gasteiger partial charge < -0.3 is 28.9 Å². The number of hydrogen-bond acceptors (Lipinski definition) is 8. The Morgan fingerprint density at radius 2 is 1.97 bits per heavy atom. The molecule has 2 fully saturated rings. The maximum absolute atomic E-state index is 13.1. The summed E-state index contributed by atoms with van der Waals surface area (Å²) in [4.78, 5) is 44.9. The number of hydrogen-bond donors (Lipinski definition) is 2. The lowest BCUT2D eigenvalue weighted by molar-refractivity contribution is -0.140. The highest BCUT2D eigenvalue weighted by Crippen LogP contribution is 2.41. The van der Waals surface area contributed by atoms with E-state index < -0.39 is 23.7 Å². The van der Waals surface area contributed by atoms with Crippen LogP contribution in [0.1, 0.15) is 45.5 Å². The van der Waals surface area contributed by atoms with Gasteiger partial charge in [-0.1, -0.05) is 0 Å². The average molecular weight is 472 g/mol. The number of Topliss-reactive ketones (excluding diaryl/α,β-unsaturated/α-hetero) is 1. The van der Waals surface area contributed by atoms with Crippen molar-refractivity contribution in [1.82, 2.24) is 14.8 Å². The zero-order valence-corrected chi connectivity index (χ0v) is 19.6. The number of aryl methyl sites for hydroxylation is 1. The fourth-order valence-corrected chi connectivity index (χ4v) is 4.69. The second-order valence-corrected chi connectivity index (χ2v) is 8.43. The quantitative estimate of drug-likeness (QED) is 0.272. The summed E-state index contributed by atoms with van der Waals surface area (Å²) in [7, 11) is 1.26. The summed E-state index contributed by atoms with van der Waals surface area (Å²) in [6.45, 7) is 7.42. The van der Waals surface area contributed by atoms with E-state index in [4.69, 9.17) is 13.9 Å². The van der Waals surface area contributed by atoms with Crippen LogP contribution in [0.2, 0.25) is 0 Å². The number of aromatic amines is 1. The molecule has 2 aliphatic heterocycles. The Balaban J connectivity index is 1.69. The van der Waals surface area contributed by atoms with Crippen molar-refractivity contribution in [2.75, 3.05) is 46.5 Å². The molecule has 0 saturated carbocycles. The van der Waals surface area contributed by atoms with Crippen molar-refractivity contribution >= 4 is 23.4 Å². The molecule has 0 spiro atoms. The zero-order chi connectivity index (χ0) is 24.4. The van der Waals surface area contributed by atoms with Gasteiger partial charge in [-0.05, 0) is 38.0 Å². The van der Waals surface area contributed by atoms with Crippen LogP contribution in [-0.4, -0.2) is 84.1 Å². The largest absolute Gasteiger partial charge is 0.507 e. The van der Waals surface area contributed by atoms with Gasteiger partial charge in [0.15, 0.2) is 0 Å². The number of nitrogens with one attached hydrogen (secondary N) is 1. The van der Waals surface area contributed by atoms with Crippen molar-refractivity contribution in [3.05, 3.63) is 52.2 Å². The van der Waals surface area contributed by atoms with E-state index in [1.165, 1.54) is 18.3 Å². The second-order valence-electron chi connectivity index (χ2n) is 8.43. The van der Waals surface area contributed by atoms with Crippen molar-refractivity contribution in [3.63, 3.8) is 0 Å². The molecule has 0 unspecified atom stereocenters. The Bertz CT molecular complexity index is 1110. The monoisotopic (exact) mass is 471 g/mol. The molecule has 10 heteroatoms. The third kappa shape index (κ3) is 4.26. The number of aliphatic hydroxyl groups excluding tert-OH is 1. The normalized spacial score (nSPS) is 20.8. The van der Waals surface area contributed by atoms with Crippen LogP contribution >= 0.6 is 0 Å². The van der Waals surface area contributed by atoms with Gasteiger partial charge in [0.25, 0.3) is 11.7 Å². The summed E-state index contributed by atoms with van der Waals surface area (Å²) >= 11 is 0. The number of aromatic nitrogens is 1. The molecule has 2 aromatic rings. The minimum absolute atomic E-state index is 0.0621. The van der Waals surface area contributed by atoms with Crippen LogP contribution in [0.25, 0.3) is 5.76 Å². The molecule has 2 saturated heterocycles. The lowest BCUT2D eigenvalue weighted by Gasteiger charge is -2.28. The molecule has 0 bridgehead atoms. The first kappa shape index (κ1) is 23.8. The van der Waals surface area contributed by atoms with Crippen LogP contribution in [0, 0.1) is 13.8 Å². The number of furan rings is 1. The number of esters is 1. The number of likely N-dealkylation sites (tertiary alicyclic amines) is 1. The molecular weight excluding hydrogens is 442 g/mol. The number of nitrogens with zero attached hydrogens (tertiary/aromatic N) is 2. The van der Waals surface area contributed by atoms with Crippen molar-refractivity contribution in [1.29, 1.82) is 0 Å². The molecular formula is C24H29N3O7. The van der Waals surface area contributed by atoms with E-state index in [0.717, 1.165) is 19.6 Å². The number of morpholine rings is 1. The van der Waals surface area contributed by atoms with Gasteiger partial charge in [0.2, 0.25) is 0 Å². The van der Waals surface area contributed by atoms with Gasteiger partial charge in [0.05, 0.1) is 32.2 Å². The Labute approximate surface area is 197 Å². The Kier molecular flexibility index (Phi) is 6.90. The third-order valence-electron chi connectivity index (χ3n) is 6.39. The van der Waals surface area contributed by atoms with E-state index in [9.17, 15) is 19.5 Å². The Morgan fingerprint density at radius 3 is 2.62 bits per heavy atom. The fourth-order valence-electron chi connectivity index (χ4n) is 4.69. The number of ketones is 1. The van der Waals surface area contributed by atoms with Gasteiger partial charge in [0, 0.05) is 37.4 Å². The first-order valence-electron chi connectivity index (χ1n) is 11.2. The molecule has 0 aliphatic carbocycles. The van der Waals surface area contributed by atoms with Gasteiger partial charge in [-0.15, -0.1) is 0 Å². The number of carbonyl (C=O) groups excluding carboxylic acids is 3. The highest BCUT2D eigenvalue weighted by Gasteiger charge is 2.47. The van der Waals surface area contributed by atoms with E-state index in [2.05, 4.69) is 9.88 Å². The number of carbonyl (C=O) groups is 3. The molecule has 2 aliphatic rings. The molecule has 2 aromatic heterocycles. The molecule has 34 heavy (non-hydrogen) atoms. The van der Waals surface area contributed by atoms with Crippen LogP contribution < -0.4 is 0 Å². The summed E-state index contributed by atoms with van der Waals surface area (Å²) in [6.07, 6.45) is 2.12. The highest BCUT2D eigenvalue weighted by molar-refractivity contribution is 6.46. The number of amides is 1. The number of ether oxygens (including phenoxy) is 2. The van der Waals surface area contributed by atoms with Crippen molar-refractivity contribution in [3.8, 4) is 0 Å². The molecule has 4 rings (SSSR count). The van der Waals surface area contributed by atoms with Crippen LogP contribution in [0.4, 0.5) is 0 Å². The number of H-pyrrole nitrogens is 1. The number of methoxy groups -OCH3 is 1. The van der Waals surface area contributed by atoms with E-state index >= 15 is 0 Å². The first-order valence-corrected chi connectivity index (χ1v) is 11.2. The molecule has 2 N–H and O–H groups in total. The van der Waals surface area contributed by atoms with E-state index in [0.29, 0.717) is 48.8 Å². The van der Waals surface area contributed by atoms with Crippen LogP contribution in [0.3, 0.4) is 0 Å². The summed E-state index contributed by atoms with van der Waals surface area (Å²) in [5.41, 5.74) is 1.32. The van der Waals surface area contributed by atoms with Crippen molar-refractivity contribution in [2.45, 2.75) is 26.3 Å². The van der Waals surface area contributed by atoms with Gasteiger partial charge in [0.1, 0.15) is 23.3 Å².